The number of piperidine rings is 1. The number of aryl methyl sites for hydroxylation is 1. The zero-order valence-corrected chi connectivity index (χ0v) is 13.9. The molecule has 0 saturated carbocycles. The van der Waals surface area contributed by atoms with Gasteiger partial charge in [0.2, 0.25) is 0 Å². The van der Waals surface area contributed by atoms with E-state index in [0.29, 0.717) is 9.75 Å². The minimum absolute atomic E-state index is 0.0533. The Bertz CT molecular complexity index is 609. The van der Waals surface area contributed by atoms with Crippen molar-refractivity contribution in [2.45, 2.75) is 50.5 Å². The molecule has 0 aromatic carbocycles. The molecule has 0 aliphatic carbocycles. The lowest BCUT2D eigenvalue weighted by atomic mass is 10.00. The fraction of sp³-hybridized carbons (Fsp3) is 0.615. The van der Waals surface area contributed by atoms with Crippen molar-refractivity contribution < 1.29 is 13.2 Å². The molecule has 4 nitrogen and oxygen atoms in total. The van der Waals surface area contributed by atoms with Crippen molar-refractivity contribution in [3.05, 3.63) is 15.8 Å². The zero-order valence-electron chi connectivity index (χ0n) is 11.6. The molecule has 0 N–H and O–H groups in total. The minimum atomic E-state index is -3.78. The maximum Gasteiger partial charge on any atom is 0.264 e. The zero-order chi connectivity index (χ0) is 14.9. The van der Waals surface area contributed by atoms with Crippen LogP contribution in [0.25, 0.3) is 0 Å². The molecule has 0 radical (unpaired) electrons. The molecule has 1 aliphatic heterocycles. The second-order valence-corrected chi connectivity index (χ2v) is 8.82. The van der Waals surface area contributed by atoms with E-state index in [1.165, 1.54) is 17.4 Å². The van der Waals surface area contributed by atoms with Gasteiger partial charge in [0.15, 0.2) is 0 Å². The first-order valence-corrected chi connectivity index (χ1v) is 9.83. The summed E-state index contributed by atoms with van der Waals surface area (Å²) in [6, 6.07) is 1.67. The number of amides is 1. The Labute approximate surface area is 128 Å². The molecule has 2 rings (SSSR count). The molecule has 1 fully saturated rings. The summed E-state index contributed by atoms with van der Waals surface area (Å²) in [6.45, 7) is 4.49. The Morgan fingerprint density at radius 3 is 2.75 bits per heavy atom. The highest BCUT2D eigenvalue weighted by Crippen LogP contribution is 2.31. The Kier molecular flexibility index (Phi) is 4.76. The predicted molar refractivity (Wildman–Crippen MR) is 81.1 cm³/mol. The van der Waals surface area contributed by atoms with E-state index in [4.69, 9.17) is 10.7 Å². The van der Waals surface area contributed by atoms with Gasteiger partial charge >= 0.3 is 0 Å². The number of nitrogens with zero attached hydrogens (tertiary/aromatic N) is 1. The molecular formula is C13H18ClNO3S2. The quantitative estimate of drug-likeness (QED) is 0.795. The third-order valence-electron chi connectivity index (χ3n) is 3.70. The van der Waals surface area contributed by atoms with Crippen molar-refractivity contribution in [2.75, 3.05) is 6.54 Å². The molecular weight excluding hydrogens is 318 g/mol. The number of likely N-dealkylation sites (tertiary alicyclic amines) is 1. The number of halogens is 1. The van der Waals surface area contributed by atoms with E-state index >= 15 is 0 Å². The molecule has 1 saturated heterocycles. The van der Waals surface area contributed by atoms with Crippen LogP contribution in [0.4, 0.5) is 0 Å². The van der Waals surface area contributed by atoms with E-state index in [1.807, 2.05) is 4.90 Å². The molecule has 0 spiro atoms. The highest BCUT2D eigenvalue weighted by Gasteiger charge is 2.29. The second-order valence-electron chi connectivity index (χ2n) is 5.03. The van der Waals surface area contributed by atoms with Crippen LogP contribution in [-0.2, 0) is 9.05 Å². The Hall–Kier alpha value is -0.590. The van der Waals surface area contributed by atoms with Crippen LogP contribution in [0.15, 0.2) is 11.0 Å². The summed E-state index contributed by atoms with van der Waals surface area (Å²) in [7, 11) is 1.59. The van der Waals surface area contributed by atoms with E-state index in [9.17, 15) is 13.2 Å². The lowest BCUT2D eigenvalue weighted by Crippen LogP contribution is -2.43. The van der Waals surface area contributed by atoms with Crippen molar-refractivity contribution >= 4 is 37.0 Å². The van der Waals surface area contributed by atoms with Crippen LogP contribution in [0, 0.1) is 6.92 Å². The van der Waals surface area contributed by atoms with Gasteiger partial charge in [0.1, 0.15) is 0 Å². The summed E-state index contributed by atoms with van der Waals surface area (Å²) in [5.41, 5.74) is 0. The van der Waals surface area contributed by atoms with Gasteiger partial charge < -0.3 is 4.90 Å². The SMILES string of the molecule is CCC1CCCCN1C(=O)c1cc(S(=O)(=O)Cl)c(C)s1. The van der Waals surface area contributed by atoms with E-state index in [1.54, 1.807) is 6.92 Å². The van der Waals surface area contributed by atoms with E-state index in [0.717, 1.165) is 32.2 Å². The van der Waals surface area contributed by atoms with Crippen LogP contribution >= 0.6 is 22.0 Å². The molecule has 7 heteroatoms. The standard InChI is InChI=1S/C13H18ClNO3S2/c1-3-10-6-4-5-7-15(10)13(16)11-8-12(9(2)19-11)20(14,17)18/h8,10H,3-7H2,1-2H3. The van der Waals surface area contributed by atoms with Gasteiger partial charge in [-0.15, -0.1) is 11.3 Å². The number of hydrogen-bond acceptors (Lipinski definition) is 4. The summed E-state index contributed by atoms with van der Waals surface area (Å²) in [5.74, 6) is -0.0729. The number of thiophene rings is 1. The molecule has 1 amide bonds. The largest absolute Gasteiger partial charge is 0.335 e. The maximum absolute atomic E-state index is 12.6. The van der Waals surface area contributed by atoms with Crippen molar-refractivity contribution in [1.82, 2.24) is 4.90 Å². The fourth-order valence-electron chi connectivity index (χ4n) is 2.65. The first-order valence-electron chi connectivity index (χ1n) is 6.70. The van der Waals surface area contributed by atoms with Crippen molar-refractivity contribution in [3.8, 4) is 0 Å². The lowest BCUT2D eigenvalue weighted by Gasteiger charge is -2.35. The van der Waals surface area contributed by atoms with Crippen LogP contribution in [0.2, 0.25) is 0 Å². The van der Waals surface area contributed by atoms with E-state index in [2.05, 4.69) is 6.92 Å². The summed E-state index contributed by atoms with van der Waals surface area (Å²) in [6.07, 6.45) is 4.10. The molecule has 1 aliphatic rings. The molecule has 1 atom stereocenters. The third-order valence-corrected chi connectivity index (χ3v) is 6.32. The number of carbonyl (C=O) groups is 1. The highest BCUT2D eigenvalue weighted by atomic mass is 35.7. The third kappa shape index (κ3) is 3.18. The first-order chi connectivity index (χ1) is 9.34. The molecule has 0 bridgehead atoms. The summed E-state index contributed by atoms with van der Waals surface area (Å²) < 4.78 is 22.9. The van der Waals surface area contributed by atoms with Crippen LogP contribution < -0.4 is 0 Å². The van der Waals surface area contributed by atoms with Crippen LogP contribution in [0.1, 0.15) is 47.2 Å². The molecule has 112 valence electrons. The van der Waals surface area contributed by atoms with Crippen LogP contribution in [-0.4, -0.2) is 31.8 Å². The minimum Gasteiger partial charge on any atom is -0.335 e. The fourth-order valence-corrected chi connectivity index (χ4v) is 5.27. The molecule has 1 unspecified atom stereocenters. The van der Waals surface area contributed by atoms with Gasteiger partial charge in [0.05, 0.1) is 9.77 Å². The summed E-state index contributed by atoms with van der Waals surface area (Å²) in [5, 5.41) is 0. The molecule has 1 aromatic heterocycles. The Morgan fingerprint density at radius 1 is 1.50 bits per heavy atom. The number of rotatable bonds is 3. The predicted octanol–water partition coefficient (Wildman–Crippen LogP) is 3.39. The van der Waals surface area contributed by atoms with Crippen molar-refractivity contribution in [3.63, 3.8) is 0 Å². The van der Waals surface area contributed by atoms with Crippen LogP contribution in [0.5, 0.6) is 0 Å². The summed E-state index contributed by atoms with van der Waals surface area (Å²) in [4.78, 5) is 15.5. The highest BCUT2D eigenvalue weighted by molar-refractivity contribution is 8.13. The maximum atomic E-state index is 12.6. The van der Waals surface area contributed by atoms with Crippen molar-refractivity contribution in [1.29, 1.82) is 0 Å². The average Bonchev–Trinajstić information content (AvgIpc) is 2.80. The Balaban J connectivity index is 2.29. The van der Waals surface area contributed by atoms with Gasteiger partial charge in [-0.2, -0.15) is 0 Å². The molecule has 2 heterocycles. The Morgan fingerprint density at radius 2 is 2.20 bits per heavy atom. The number of hydrogen-bond donors (Lipinski definition) is 0. The van der Waals surface area contributed by atoms with Gasteiger partial charge in [-0.05, 0) is 38.7 Å². The first kappa shape index (κ1) is 15.8. The van der Waals surface area contributed by atoms with E-state index < -0.39 is 9.05 Å². The lowest BCUT2D eigenvalue weighted by molar-refractivity contribution is 0.0613. The van der Waals surface area contributed by atoms with Gasteiger partial charge in [0.25, 0.3) is 15.0 Å². The van der Waals surface area contributed by atoms with Gasteiger partial charge in [-0.25, -0.2) is 8.42 Å². The topological polar surface area (TPSA) is 54.5 Å². The second kappa shape index (κ2) is 6.03. The number of carbonyl (C=O) groups excluding carboxylic acids is 1. The van der Waals surface area contributed by atoms with Gasteiger partial charge in [-0.1, -0.05) is 6.92 Å². The van der Waals surface area contributed by atoms with E-state index in [-0.39, 0.29) is 16.8 Å². The normalized spacial score (nSPS) is 20.1. The van der Waals surface area contributed by atoms with Crippen molar-refractivity contribution in [2.24, 2.45) is 0 Å². The molecule has 20 heavy (non-hydrogen) atoms. The average molecular weight is 336 g/mol. The van der Waals surface area contributed by atoms with Gasteiger partial charge in [-0.3, -0.25) is 4.79 Å². The summed E-state index contributed by atoms with van der Waals surface area (Å²) >= 11 is 1.20. The van der Waals surface area contributed by atoms with Gasteiger partial charge in [0, 0.05) is 28.1 Å². The molecule has 1 aromatic rings. The monoisotopic (exact) mass is 335 g/mol. The smallest absolute Gasteiger partial charge is 0.264 e. The van der Waals surface area contributed by atoms with Crippen LogP contribution in [0.3, 0.4) is 0 Å².